The Morgan fingerprint density at radius 3 is 2.36 bits per heavy atom. The Morgan fingerprint density at radius 1 is 1.11 bits per heavy atom. The molecule has 4 rings (SSSR count). The first kappa shape index (κ1) is 27.0. The number of hydrogen-bond acceptors (Lipinski definition) is 5. The molecule has 2 heterocycles. The highest BCUT2D eigenvalue weighted by atomic mass is 35.5. The lowest BCUT2D eigenvalue weighted by atomic mass is 9.85. The van der Waals surface area contributed by atoms with Crippen molar-refractivity contribution in [1.82, 2.24) is 10.6 Å². The highest BCUT2D eigenvalue weighted by molar-refractivity contribution is 7.16. The van der Waals surface area contributed by atoms with Crippen LogP contribution in [0.15, 0.2) is 17.3 Å². The number of halogens is 6. The van der Waals surface area contributed by atoms with Gasteiger partial charge in [-0.1, -0.05) is 40.0 Å². The molecule has 2 aromatic rings. The molecule has 36 heavy (non-hydrogen) atoms. The maximum atomic E-state index is 14.4. The van der Waals surface area contributed by atoms with Gasteiger partial charge in [0.1, 0.15) is 5.71 Å². The van der Waals surface area contributed by atoms with Gasteiger partial charge in [0.2, 0.25) is 5.91 Å². The van der Waals surface area contributed by atoms with Crippen molar-refractivity contribution in [3.05, 3.63) is 53.6 Å². The number of fused-ring (bicyclic) bond motifs is 1. The summed E-state index contributed by atoms with van der Waals surface area (Å²) in [5.41, 5.74) is -1.48. The standard InChI is InChI=1S/C23H21Cl3F3N3O3S/c1-2-30-17(33)10-31-21(34)20-13-6-4-3-5-12(13)19(36-20)16-9-22(35-32-16,23(27,28)29)11-7-14(24)18(26)15(25)8-11/h7-8H,2-6,9-10H2,1H3,(H,30,33)(H,31,34). The summed E-state index contributed by atoms with van der Waals surface area (Å²) in [5, 5.41) is 8.70. The van der Waals surface area contributed by atoms with E-state index in [1.165, 1.54) is 0 Å². The molecule has 0 saturated carbocycles. The van der Waals surface area contributed by atoms with E-state index in [0.717, 1.165) is 47.4 Å². The fourth-order valence-electron chi connectivity index (χ4n) is 4.36. The molecule has 2 amide bonds. The summed E-state index contributed by atoms with van der Waals surface area (Å²) in [6.07, 6.45) is -2.60. The molecular weight excluding hydrogens is 562 g/mol. The zero-order chi connectivity index (χ0) is 26.3. The van der Waals surface area contributed by atoms with Crippen molar-refractivity contribution in [2.75, 3.05) is 13.1 Å². The molecule has 0 bridgehead atoms. The minimum Gasteiger partial charge on any atom is -0.374 e. The number of nitrogens with one attached hydrogen (secondary N) is 2. The van der Waals surface area contributed by atoms with Crippen LogP contribution in [0.5, 0.6) is 0 Å². The third-order valence-corrected chi connectivity index (χ3v) is 8.63. The number of carbonyl (C=O) groups excluding carboxylic acids is 2. The number of hydrogen-bond donors (Lipinski definition) is 2. The van der Waals surface area contributed by atoms with Crippen molar-refractivity contribution in [3.63, 3.8) is 0 Å². The van der Waals surface area contributed by atoms with Gasteiger partial charge in [-0.05, 0) is 55.9 Å². The molecule has 1 aliphatic heterocycles. The third-order valence-electron chi connectivity index (χ3n) is 6.11. The first-order valence-electron chi connectivity index (χ1n) is 11.1. The summed E-state index contributed by atoms with van der Waals surface area (Å²) in [6, 6.07) is 2.15. The van der Waals surface area contributed by atoms with Gasteiger partial charge in [-0.25, -0.2) is 0 Å². The highest BCUT2D eigenvalue weighted by Gasteiger charge is 2.62. The number of carbonyl (C=O) groups is 2. The summed E-state index contributed by atoms with van der Waals surface area (Å²) in [6.45, 7) is 1.99. The van der Waals surface area contributed by atoms with Crippen LogP contribution in [0.25, 0.3) is 0 Å². The summed E-state index contributed by atoms with van der Waals surface area (Å²) >= 11 is 19.0. The quantitative estimate of drug-likeness (QED) is 0.408. The van der Waals surface area contributed by atoms with E-state index >= 15 is 0 Å². The summed E-state index contributed by atoms with van der Waals surface area (Å²) in [5.74, 6) is -0.783. The Labute approximate surface area is 224 Å². The third kappa shape index (κ3) is 4.92. The summed E-state index contributed by atoms with van der Waals surface area (Å²) in [7, 11) is 0. The number of thiophene rings is 1. The van der Waals surface area contributed by atoms with Gasteiger partial charge >= 0.3 is 6.18 Å². The lowest BCUT2D eigenvalue weighted by Gasteiger charge is -2.30. The van der Waals surface area contributed by atoms with Gasteiger partial charge in [-0.15, -0.1) is 11.3 Å². The molecule has 0 radical (unpaired) electrons. The number of likely N-dealkylation sites (N-methyl/N-ethyl adjacent to an activating group) is 1. The predicted molar refractivity (Wildman–Crippen MR) is 133 cm³/mol. The molecule has 1 unspecified atom stereocenters. The van der Waals surface area contributed by atoms with Crippen molar-refractivity contribution in [2.45, 2.75) is 50.8 Å². The lowest BCUT2D eigenvalue weighted by Crippen LogP contribution is -2.42. The van der Waals surface area contributed by atoms with Gasteiger partial charge in [-0.3, -0.25) is 9.59 Å². The van der Waals surface area contributed by atoms with Crippen LogP contribution in [0.3, 0.4) is 0 Å². The average Bonchev–Trinajstić information content (AvgIpc) is 3.44. The maximum Gasteiger partial charge on any atom is 0.435 e. The van der Waals surface area contributed by atoms with Crippen molar-refractivity contribution in [1.29, 1.82) is 0 Å². The van der Waals surface area contributed by atoms with Crippen LogP contribution >= 0.6 is 46.1 Å². The predicted octanol–water partition coefficient (Wildman–Crippen LogP) is 6.04. The summed E-state index contributed by atoms with van der Waals surface area (Å²) in [4.78, 5) is 30.6. The average molecular weight is 583 g/mol. The zero-order valence-electron chi connectivity index (χ0n) is 19.0. The second-order valence-corrected chi connectivity index (χ2v) is 10.7. The van der Waals surface area contributed by atoms with E-state index in [-0.39, 0.29) is 38.8 Å². The highest BCUT2D eigenvalue weighted by Crippen LogP contribution is 2.51. The molecular formula is C23H21Cl3F3N3O3S. The number of benzene rings is 1. The maximum absolute atomic E-state index is 14.4. The molecule has 1 aromatic heterocycles. The molecule has 1 atom stereocenters. The van der Waals surface area contributed by atoms with E-state index in [9.17, 15) is 22.8 Å². The molecule has 194 valence electrons. The van der Waals surface area contributed by atoms with Gasteiger partial charge in [0.05, 0.1) is 37.8 Å². The van der Waals surface area contributed by atoms with Gasteiger partial charge in [0, 0.05) is 12.1 Å². The van der Waals surface area contributed by atoms with Crippen LogP contribution in [0, 0.1) is 0 Å². The molecule has 6 nitrogen and oxygen atoms in total. The second kappa shape index (κ2) is 10.4. The van der Waals surface area contributed by atoms with E-state index in [1.54, 1.807) is 6.92 Å². The van der Waals surface area contributed by atoms with Gasteiger partial charge in [-0.2, -0.15) is 13.2 Å². The number of rotatable bonds is 6. The molecule has 2 N–H and O–H groups in total. The minimum atomic E-state index is -4.86. The van der Waals surface area contributed by atoms with E-state index in [4.69, 9.17) is 39.6 Å². The van der Waals surface area contributed by atoms with Crippen molar-refractivity contribution < 1.29 is 27.6 Å². The number of nitrogens with zero attached hydrogens (tertiary/aromatic N) is 1. The number of alkyl halides is 3. The lowest BCUT2D eigenvalue weighted by molar-refractivity contribution is -0.275. The fraction of sp³-hybridized carbons (Fsp3) is 0.435. The number of amides is 2. The smallest absolute Gasteiger partial charge is 0.374 e. The first-order chi connectivity index (χ1) is 17.0. The summed E-state index contributed by atoms with van der Waals surface area (Å²) < 4.78 is 43.3. The zero-order valence-corrected chi connectivity index (χ0v) is 22.0. The Kier molecular flexibility index (Phi) is 7.81. The first-order valence-corrected chi connectivity index (χ1v) is 13.1. The molecule has 2 aliphatic rings. The van der Waals surface area contributed by atoms with E-state index < -0.39 is 24.1 Å². The Balaban J connectivity index is 1.69. The largest absolute Gasteiger partial charge is 0.435 e. The Morgan fingerprint density at radius 2 is 1.75 bits per heavy atom. The minimum absolute atomic E-state index is 0.0610. The second-order valence-electron chi connectivity index (χ2n) is 8.45. The fourth-order valence-corrected chi connectivity index (χ4v) is 6.25. The van der Waals surface area contributed by atoms with Gasteiger partial charge in [0.25, 0.3) is 11.5 Å². The van der Waals surface area contributed by atoms with Crippen LogP contribution < -0.4 is 10.6 Å². The number of oxime groups is 1. The topological polar surface area (TPSA) is 79.8 Å². The monoisotopic (exact) mass is 581 g/mol. The van der Waals surface area contributed by atoms with Crippen LogP contribution in [0.2, 0.25) is 15.1 Å². The van der Waals surface area contributed by atoms with E-state index in [2.05, 4.69) is 15.8 Å². The van der Waals surface area contributed by atoms with Crippen LogP contribution in [-0.4, -0.2) is 36.8 Å². The van der Waals surface area contributed by atoms with Crippen LogP contribution in [-0.2, 0) is 28.1 Å². The Bertz CT molecular complexity index is 1230. The molecule has 13 heteroatoms. The van der Waals surface area contributed by atoms with Crippen molar-refractivity contribution >= 4 is 63.7 Å². The van der Waals surface area contributed by atoms with E-state index in [1.807, 2.05) is 0 Å². The normalized spacial score (nSPS) is 19.4. The molecule has 1 aliphatic carbocycles. The molecule has 0 spiro atoms. The van der Waals surface area contributed by atoms with Crippen LogP contribution in [0.4, 0.5) is 13.2 Å². The molecule has 0 fully saturated rings. The van der Waals surface area contributed by atoms with Crippen LogP contribution in [0.1, 0.15) is 57.4 Å². The Hall–Kier alpha value is -2.01. The van der Waals surface area contributed by atoms with Crippen molar-refractivity contribution in [3.8, 4) is 0 Å². The van der Waals surface area contributed by atoms with E-state index in [0.29, 0.717) is 29.1 Å². The molecule has 1 aromatic carbocycles. The molecule has 0 saturated heterocycles. The van der Waals surface area contributed by atoms with Gasteiger partial charge < -0.3 is 15.5 Å². The van der Waals surface area contributed by atoms with Gasteiger partial charge in [0.15, 0.2) is 0 Å². The SMILES string of the molecule is CCNC(=O)CNC(=O)c1sc(C2=NOC(c3cc(Cl)c(Cl)c(Cl)c3)(C(F)(F)F)C2)c2c1CCCC2. The van der Waals surface area contributed by atoms with Crippen molar-refractivity contribution in [2.24, 2.45) is 5.16 Å².